The number of methoxy groups -OCH3 is 1. The second-order valence-electron chi connectivity index (χ2n) is 4.83. The fourth-order valence-corrected chi connectivity index (χ4v) is 2.45. The summed E-state index contributed by atoms with van der Waals surface area (Å²) in [7, 11) is 1.38. The molecule has 0 saturated carbocycles. The molecule has 1 aliphatic carbocycles. The molecule has 0 atom stereocenters. The number of ketones is 4. The Morgan fingerprint density at radius 1 is 1.10 bits per heavy atom. The van der Waals surface area contributed by atoms with Crippen LogP contribution in [0.1, 0.15) is 41.0 Å². The molecular formula is C16H14O5. The van der Waals surface area contributed by atoms with Gasteiger partial charge >= 0.3 is 0 Å². The second-order valence-corrected chi connectivity index (χ2v) is 4.83. The normalized spacial score (nSPS) is 14.0. The molecule has 0 aromatic heterocycles. The van der Waals surface area contributed by atoms with E-state index in [0.29, 0.717) is 0 Å². The highest BCUT2D eigenvalue weighted by Crippen LogP contribution is 2.34. The minimum absolute atomic E-state index is 0.0271. The number of rotatable bonds is 4. The standard InChI is InChI=1S/C16H14O5/c1-8(17)7-11-13(9(2)18)16(20)14-10(15(11)19)5-4-6-12(14)21-3/h4-6H,7H2,1-3H3. The first-order chi connectivity index (χ1) is 9.88. The molecule has 0 heterocycles. The van der Waals surface area contributed by atoms with E-state index < -0.39 is 17.3 Å². The van der Waals surface area contributed by atoms with E-state index in [2.05, 4.69) is 0 Å². The molecule has 0 fully saturated rings. The Labute approximate surface area is 121 Å². The molecule has 0 unspecified atom stereocenters. The van der Waals surface area contributed by atoms with Crippen LogP contribution in [0.2, 0.25) is 0 Å². The number of carbonyl (C=O) groups excluding carboxylic acids is 4. The molecule has 0 bridgehead atoms. The molecular weight excluding hydrogens is 272 g/mol. The summed E-state index contributed by atoms with van der Waals surface area (Å²) < 4.78 is 5.10. The van der Waals surface area contributed by atoms with Crippen molar-refractivity contribution in [1.82, 2.24) is 0 Å². The van der Waals surface area contributed by atoms with E-state index in [-0.39, 0.29) is 40.2 Å². The van der Waals surface area contributed by atoms with Crippen LogP contribution in [0.15, 0.2) is 29.3 Å². The molecule has 2 rings (SSSR count). The number of Topliss-reactive ketones (excluding diaryl/α,β-unsaturated/α-hetero) is 4. The van der Waals surface area contributed by atoms with Crippen molar-refractivity contribution in [3.63, 3.8) is 0 Å². The van der Waals surface area contributed by atoms with Gasteiger partial charge < -0.3 is 4.74 Å². The summed E-state index contributed by atoms with van der Waals surface area (Å²) in [6.45, 7) is 2.52. The molecule has 21 heavy (non-hydrogen) atoms. The minimum atomic E-state index is -0.564. The lowest BCUT2D eigenvalue weighted by Gasteiger charge is -2.20. The summed E-state index contributed by atoms with van der Waals surface area (Å²) in [4.78, 5) is 48.2. The van der Waals surface area contributed by atoms with Gasteiger partial charge in [0.2, 0.25) is 5.78 Å². The van der Waals surface area contributed by atoms with E-state index in [1.165, 1.54) is 27.0 Å². The molecule has 1 aromatic carbocycles. The average Bonchev–Trinajstić information content (AvgIpc) is 2.42. The Morgan fingerprint density at radius 3 is 2.29 bits per heavy atom. The van der Waals surface area contributed by atoms with E-state index in [9.17, 15) is 19.2 Å². The van der Waals surface area contributed by atoms with Gasteiger partial charge in [-0.3, -0.25) is 19.2 Å². The van der Waals surface area contributed by atoms with Gasteiger partial charge in [-0.05, 0) is 19.9 Å². The molecule has 0 amide bonds. The van der Waals surface area contributed by atoms with Gasteiger partial charge in [-0.25, -0.2) is 0 Å². The highest BCUT2D eigenvalue weighted by Gasteiger charge is 2.36. The fraction of sp³-hybridized carbons (Fsp3) is 0.250. The van der Waals surface area contributed by atoms with E-state index >= 15 is 0 Å². The quantitative estimate of drug-likeness (QED) is 0.790. The highest BCUT2D eigenvalue weighted by atomic mass is 16.5. The lowest BCUT2D eigenvalue weighted by atomic mass is 9.80. The maximum absolute atomic E-state index is 12.6. The number of ether oxygens (including phenoxy) is 1. The Balaban J connectivity index is 2.74. The van der Waals surface area contributed by atoms with E-state index in [0.717, 1.165) is 0 Å². The lowest BCUT2D eigenvalue weighted by molar-refractivity contribution is -0.116. The third-order valence-corrected chi connectivity index (χ3v) is 3.30. The van der Waals surface area contributed by atoms with Crippen molar-refractivity contribution < 1.29 is 23.9 Å². The monoisotopic (exact) mass is 286 g/mol. The van der Waals surface area contributed by atoms with Crippen molar-refractivity contribution >= 4 is 23.1 Å². The Kier molecular flexibility index (Phi) is 3.84. The zero-order valence-electron chi connectivity index (χ0n) is 12.0. The summed E-state index contributed by atoms with van der Waals surface area (Å²) in [5.74, 6) is -1.60. The molecule has 0 aliphatic heterocycles. The van der Waals surface area contributed by atoms with Crippen molar-refractivity contribution in [3.8, 4) is 5.75 Å². The molecule has 108 valence electrons. The predicted molar refractivity (Wildman–Crippen MR) is 74.7 cm³/mol. The van der Waals surface area contributed by atoms with Crippen LogP contribution in [0.4, 0.5) is 0 Å². The van der Waals surface area contributed by atoms with Gasteiger partial charge in [-0.15, -0.1) is 0 Å². The van der Waals surface area contributed by atoms with Gasteiger partial charge in [0.1, 0.15) is 11.5 Å². The van der Waals surface area contributed by atoms with E-state index in [1.807, 2.05) is 0 Å². The van der Waals surface area contributed by atoms with Crippen molar-refractivity contribution in [2.45, 2.75) is 20.3 Å². The molecule has 1 aromatic rings. The van der Waals surface area contributed by atoms with Crippen LogP contribution >= 0.6 is 0 Å². The first-order valence-corrected chi connectivity index (χ1v) is 6.38. The summed E-state index contributed by atoms with van der Waals surface area (Å²) in [5, 5.41) is 0. The van der Waals surface area contributed by atoms with Gasteiger partial charge in [-0.1, -0.05) is 12.1 Å². The number of fused-ring (bicyclic) bond motifs is 1. The first-order valence-electron chi connectivity index (χ1n) is 6.38. The fourth-order valence-electron chi connectivity index (χ4n) is 2.45. The Bertz CT molecular complexity index is 709. The molecule has 0 saturated heterocycles. The summed E-state index contributed by atoms with van der Waals surface area (Å²) >= 11 is 0. The van der Waals surface area contributed by atoms with Gasteiger partial charge in [-0.2, -0.15) is 0 Å². The first kappa shape index (κ1) is 14.8. The van der Waals surface area contributed by atoms with Crippen LogP contribution < -0.4 is 4.74 Å². The number of hydrogen-bond acceptors (Lipinski definition) is 5. The molecule has 0 N–H and O–H groups in total. The summed E-state index contributed by atoms with van der Waals surface area (Å²) in [6.07, 6.45) is -0.226. The topological polar surface area (TPSA) is 77.5 Å². The minimum Gasteiger partial charge on any atom is -0.496 e. The zero-order valence-corrected chi connectivity index (χ0v) is 12.0. The largest absolute Gasteiger partial charge is 0.496 e. The molecule has 5 nitrogen and oxygen atoms in total. The average molecular weight is 286 g/mol. The molecule has 0 radical (unpaired) electrons. The Hall–Kier alpha value is -2.56. The van der Waals surface area contributed by atoms with Gasteiger partial charge in [0.15, 0.2) is 11.6 Å². The maximum Gasteiger partial charge on any atom is 0.201 e. The van der Waals surface area contributed by atoms with Crippen molar-refractivity contribution in [1.29, 1.82) is 0 Å². The van der Waals surface area contributed by atoms with Crippen LogP contribution in [0.25, 0.3) is 0 Å². The maximum atomic E-state index is 12.6. The van der Waals surface area contributed by atoms with Crippen molar-refractivity contribution in [3.05, 3.63) is 40.5 Å². The van der Waals surface area contributed by atoms with Crippen LogP contribution in [0.5, 0.6) is 5.75 Å². The van der Waals surface area contributed by atoms with E-state index in [4.69, 9.17) is 4.74 Å². The van der Waals surface area contributed by atoms with Gasteiger partial charge in [0.05, 0.1) is 18.2 Å². The smallest absolute Gasteiger partial charge is 0.201 e. The number of hydrogen-bond donors (Lipinski definition) is 0. The SMILES string of the molecule is COc1cccc2c1C(=O)C(C(C)=O)=C(CC(C)=O)C2=O. The van der Waals surface area contributed by atoms with Gasteiger partial charge in [0.25, 0.3) is 0 Å². The zero-order chi connectivity index (χ0) is 15.7. The van der Waals surface area contributed by atoms with Crippen LogP contribution in [-0.4, -0.2) is 30.2 Å². The Morgan fingerprint density at radius 2 is 1.76 bits per heavy atom. The van der Waals surface area contributed by atoms with Crippen LogP contribution in [0.3, 0.4) is 0 Å². The van der Waals surface area contributed by atoms with Crippen LogP contribution in [-0.2, 0) is 9.59 Å². The lowest BCUT2D eigenvalue weighted by Crippen LogP contribution is -2.27. The number of benzene rings is 1. The molecule has 5 heteroatoms. The van der Waals surface area contributed by atoms with Gasteiger partial charge in [0, 0.05) is 17.6 Å². The number of allylic oxidation sites excluding steroid dienone is 2. The van der Waals surface area contributed by atoms with Crippen molar-refractivity contribution in [2.24, 2.45) is 0 Å². The third-order valence-electron chi connectivity index (χ3n) is 3.30. The highest BCUT2D eigenvalue weighted by molar-refractivity contribution is 6.37. The summed E-state index contributed by atoms with van der Waals surface area (Å²) in [6, 6.07) is 4.64. The van der Waals surface area contributed by atoms with Crippen molar-refractivity contribution in [2.75, 3.05) is 7.11 Å². The van der Waals surface area contributed by atoms with E-state index in [1.54, 1.807) is 12.1 Å². The predicted octanol–water partition coefficient (Wildman–Crippen LogP) is 1.94. The third kappa shape index (κ3) is 2.42. The summed E-state index contributed by atoms with van der Waals surface area (Å²) in [5.41, 5.74) is 0.0102. The van der Waals surface area contributed by atoms with Crippen LogP contribution in [0, 0.1) is 0 Å². The molecule has 1 aliphatic rings. The second kappa shape index (κ2) is 5.44. The molecule has 0 spiro atoms. The number of carbonyl (C=O) groups is 4.